The lowest BCUT2D eigenvalue weighted by Gasteiger charge is -2.10. The number of nitrogens with zero attached hydrogens (tertiary/aromatic N) is 1. The van der Waals surface area contributed by atoms with Crippen LogP contribution in [0.1, 0.15) is 16.8 Å². The molecule has 3 aromatic rings. The molecule has 0 spiro atoms. The van der Waals surface area contributed by atoms with Crippen molar-refractivity contribution in [2.45, 2.75) is 19.7 Å². The molecule has 1 aromatic heterocycles. The van der Waals surface area contributed by atoms with Crippen molar-refractivity contribution >= 4 is 24.0 Å². The molecular weight excluding hydrogens is 355 g/mol. The number of pyridine rings is 1. The van der Waals surface area contributed by atoms with Crippen LogP contribution in [0, 0.1) is 0 Å². The zero-order valence-electron chi connectivity index (χ0n) is 13.7. The first-order valence-electron chi connectivity index (χ1n) is 7.87. The Morgan fingerprint density at radius 1 is 0.920 bits per heavy atom. The van der Waals surface area contributed by atoms with E-state index in [1.807, 2.05) is 60.7 Å². The van der Waals surface area contributed by atoms with Gasteiger partial charge >= 0.3 is 0 Å². The predicted molar refractivity (Wildman–Crippen MR) is 104 cm³/mol. The molecule has 3 nitrogen and oxygen atoms in total. The SMILES string of the molecule is Cl.Clc1ccccc1COc1cccc(CNCc2ccccn2)c1. The Labute approximate surface area is 159 Å². The lowest BCUT2D eigenvalue weighted by Crippen LogP contribution is -2.13. The van der Waals surface area contributed by atoms with E-state index in [0.29, 0.717) is 6.61 Å². The predicted octanol–water partition coefficient (Wildman–Crippen LogP) is 5.03. The van der Waals surface area contributed by atoms with Crippen molar-refractivity contribution < 1.29 is 4.74 Å². The van der Waals surface area contributed by atoms with Gasteiger partial charge in [-0.3, -0.25) is 4.98 Å². The van der Waals surface area contributed by atoms with Gasteiger partial charge < -0.3 is 10.1 Å². The lowest BCUT2D eigenvalue weighted by molar-refractivity contribution is 0.306. The molecule has 0 fully saturated rings. The number of hydrogen-bond donors (Lipinski definition) is 1. The number of nitrogens with one attached hydrogen (secondary N) is 1. The fraction of sp³-hybridized carbons (Fsp3) is 0.150. The summed E-state index contributed by atoms with van der Waals surface area (Å²) in [5.74, 6) is 0.840. The van der Waals surface area contributed by atoms with E-state index in [0.717, 1.165) is 35.1 Å². The summed E-state index contributed by atoms with van der Waals surface area (Å²) in [5, 5.41) is 4.12. The van der Waals surface area contributed by atoms with E-state index in [1.165, 1.54) is 5.56 Å². The topological polar surface area (TPSA) is 34.1 Å². The Hall–Kier alpha value is -2.07. The van der Waals surface area contributed by atoms with E-state index in [4.69, 9.17) is 16.3 Å². The van der Waals surface area contributed by atoms with Gasteiger partial charge in [-0.1, -0.05) is 48.0 Å². The molecule has 1 N–H and O–H groups in total. The van der Waals surface area contributed by atoms with E-state index in [-0.39, 0.29) is 12.4 Å². The summed E-state index contributed by atoms with van der Waals surface area (Å²) in [5.41, 5.74) is 3.18. The Morgan fingerprint density at radius 2 is 1.76 bits per heavy atom. The maximum absolute atomic E-state index is 6.15. The van der Waals surface area contributed by atoms with Gasteiger partial charge in [0, 0.05) is 29.9 Å². The van der Waals surface area contributed by atoms with Gasteiger partial charge in [0.1, 0.15) is 12.4 Å². The summed E-state index contributed by atoms with van der Waals surface area (Å²) in [7, 11) is 0. The Balaban J connectivity index is 0.00000225. The second-order valence-corrected chi connectivity index (χ2v) is 5.86. The molecule has 0 unspecified atom stereocenters. The van der Waals surface area contributed by atoms with Crippen LogP contribution in [0.15, 0.2) is 72.9 Å². The molecule has 130 valence electrons. The highest BCUT2D eigenvalue weighted by atomic mass is 35.5. The van der Waals surface area contributed by atoms with Crippen molar-refractivity contribution in [3.63, 3.8) is 0 Å². The minimum Gasteiger partial charge on any atom is -0.489 e. The van der Waals surface area contributed by atoms with Crippen molar-refractivity contribution in [2.75, 3.05) is 0 Å². The van der Waals surface area contributed by atoms with Crippen LogP contribution in [0.5, 0.6) is 5.75 Å². The van der Waals surface area contributed by atoms with Gasteiger partial charge in [0.05, 0.1) is 5.69 Å². The molecule has 0 aliphatic rings. The first kappa shape index (κ1) is 19.3. The molecule has 0 radical (unpaired) electrons. The molecular formula is C20H20Cl2N2O. The van der Waals surface area contributed by atoms with E-state index in [2.05, 4.69) is 16.4 Å². The summed E-state index contributed by atoms with van der Waals surface area (Å²) >= 11 is 6.15. The molecule has 2 aromatic carbocycles. The Kier molecular flexibility index (Phi) is 7.74. The summed E-state index contributed by atoms with van der Waals surface area (Å²) in [6, 6.07) is 21.7. The molecule has 0 saturated heterocycles. The van der Waals surface area contributed by atoms with Gasteiger partial charge in [0.25, 0.3) is 0 Å². The maximum Gasteiger partial charge on any atom is 0.120 e. The second kappa shape index (κ2) is 10.0. The molecule has 0 aliphatic carbocycles. The van der Waals surface area contributed by atoms with Crippen LogP contribution in [0.4, 0.5) is 0 Å². The molecule has 0 aliphatic heterocycles. The van der Waals surface area contributed by atoms with Gasteiger partial charge in [0.15, 0.2) is 0 Å². The number of hydrogen-bond acceptors (Lipinski definition) is 3. The average Bonchev–Trinajstić information content (AvgIpc) is 2.62. The molecule has 25 heavy (non-hydrogen) atoms. The first-order chi connectivity index (χ1) is 11.8. The average molecular weight is 375 g/mol. The van der Waals surface area contributed by atoms with E-state index in [1.54, 1.807) is 6.20 Å². The third kappa shape index (κ3) is 6.05. The number of ether oxygens (including phenoxy) is 1. The normalized spacial score (nSPS) is 10.1. The van der Waals surface area contributed by atoms with E-state index < -0.39 is 0 Å². The minimum atomic E-state index is 0. The zero-order valence-corrected chi connectivity index (χ0v) is 15.3. The van der Waals surface area contributed by atoms with Crippen LogP contribution < -0.4 is 10.1 Å². The number of benzene rings is 2. The molecule has 0 bridgehead atoms. The van der Waals surface area contributed by atoms with Gasteiger partial charge in [-0.2, -0.15) is 0 Å². The standard InChI is InChI=1S/C20H19ClN2O.ClH/c21-20-10-2-1-7-17(20)15-24-19-9-5-6-16(12-19)13-22-14-18-8-3-4-11-23-18;/h1-12,22H,13-15H2;1H. The Bertz CT molecular complexity index is 781. The van der Waals surface area contributed by atoms with E-state index in [9.17, 15) is 0 Å². The molecule has 1 heterocycles. The van der Waals surface area contributed by atoms with Gasteiger partial charge in [-0.05, 0) is 35.9 Å². The third-order valence-electron chi connectivity index (χ3n) is 3.61. The van der Waals surface area contributed by atoms with Crippen molar-refractivity contribution in [3.05, 3.63) is 94.8 Å². The molecule has 3 rings (SSSR count). The van der Waals surface area contributed by atoms with Crippen LogP contribution >= 0.6 is 24.0 Å². The molecule has 0 saturated carbocycles. The van der Waals surface area contributed by atoms with Crippen LogP contribution in [0.2, 0.25) is 5.02 Å². The van der Waals surface area contributed by atoms with Gasteiger partial charge in [-0.25, -0.2) is 0 Å². The van der Waals surface area contributed by atoms with Crippen molar-refractivity contribution in [1.29, 1.82) is 0 Å². The Morgan fingerprint density at radius 3 is 2.56 bits per heavy atom. The summed E-state index contributed by atoms with van der Waals surface area (Å²) in [6.45, 7) is 1.97. The first-order valence-corrected chi connectivity index (χ1v) is 8.25. The maximum atomic E-state index is 6.15. The fourth-order valence-corrected chi connectivity index (χ4v) is 2.55. The van der Waals surface area contributed by atoms with E-state index >= 15 is 0 Å². The molecule has 5 heteroatoms. The van der Waals surface area contributed by atoms with Crippen molar-refractivity contribution in [1.82, 2.24) is 10.3 Å². The molecule has 0 amide bonds. The minimum absolute atomic E-state index is 0. The summed E-state index contributed by atoms with van der Waals surface area (Å²) in [4.78, 5) is 4.30. The highest BCUT2D eigenvalue weighted by molar-refractivity contribution is 6.31. The van der Waals surface area contributed by atoms with Crippen LogP contribution in [0.25, 0.3) is 0 Å². The second-order valence-electron chi connectivity index (χ2n) is 5.45. The number of halogens is 2. The van der Waals surface area contributed by atoms with Crippen molar-refractivity contribution in [2.24, 2.45) is 0 Å². The van der Waals surface area contributed by atoms with Crippen LogP contribution in [-0.2, 0) is 19.7 Å². The van der Waals surface area contributed by atoms with Gasteiger partial charge in [-0.15, -0.1) is 12.4 Å². The quantitative estimate of drug-likeness (QED) is 0.629. The zero-order chi connectivity index (χ0) is 16.6. The fourth-order valence-electron chi connectivity index (χ4n) is 2.36. The van der Waals surface area contributed by atoms with Crippen LogP contribution in [0.3, 0.4) is 0 Å². The highest BCUT2D eigenvalue weighted by Crippen LogP contribution is 2.19. The smallest absolute Gasteiger partial charge is 0.120 e. The van der Waals surface area contributed by atoms with Crippen LogP contribution in [-0.4, -0.2) is 4.98 Å². The van der Waals surface area contributed by atoms with Crippen molar-refractivity contribution in [3.8, 4) is 5.75 Å². The molecule has 0 atom stereocenters. The largest absolute Gasteiger partial charge is 0.489 e. The summed E-state index contributed by atoms with van der Waals surface area (Å²) < 4.78 is 5.85. The number of rotatable bonds is 7. The third-order valence-corrected chi connectivity index (χ3v) is 3.98. The number of aromatic nitrogens is 1. The monoisotopic (exact) mass is 374 g/mol. The highest BCUT2D eigenvalue weighted by Gasteiger charge is 2.02. The lowest BCUT2D eigenvalue weighted by atomic mass is 10.2. The summed E-state index contributed by atoms with van der Waals surface area (Å²) in [6.07, 6.45) is 1.81. The van der Waals surface area contributed by atoms with Gasteiger partial charge in [0.2, 0.25) is 0 Å².